The van der Waals surface area contributed by atoms with Crippen molar-refractivity contribution in [1.29, 1.82) is 0 Å². The predicted molar refractivity (Wildman–Crippen MR) is 142 cm³/mol. The van der Waals surface area contributed by atoms with Crippen LogP contribution in [0.25, 0.3) is 17.5 Å². The SMILES string of the molecule is COc1ccc(CCN(C)CCCNC(=O)C/C=C/c2ccc(-c3nccc(=O)[nH]3)cc2)cc1OC. The monoisotopic (exact) mass is 490 g/mol. The van der Waals surface area contributed by atoms with E-state index in [4.69, 9.17) is 9.47 Å². The fourth-order valence-electron chi connectivity index (χ4n) is 3.69. The van der Waals surface area contributed by atoms with Crippen LogP contribution in [0.2, 0.25) is 0 Å². The van der Waals surface area contributed by atoms with E-state index in [0.29, 0.717) is 18.8 Å². The first-order valence-corrected chi connectivity index (χ1v) is 12.0. The summed E-state index contributed by atoms with van der Waals surface area (Å²) in [5, 5.41) is 2.97. The third-order valence-electron chi connectivity index (χ3n) is 5.74. The van der Waals surface area contributed by atoms with Gasteiger partial charge in [0, 0.05) is 37.3 Å². The minimum Gasteiger partial charge on any atom is -0.493 e. The van der Waals surface area contributed by atoms with Gasteiger partial charge in [-0.2, -0.15) is 0 Å². The smallest absolute Gasteiger partial charge is 0.251 e. The number of carbonyl (C=O) groups is 1. The Labute approximate surface area is 212 Å². The maximum atomic E-state index is 12.1. The van der Waals surface area contributed by atoms with E-state index in [0.717, 1.165) is 48.6 Å². The van der Waals surface area contributed by atoms with Gasteiger partial charge in [0.15, 0.2) is 11.5 Å². The van der Waals surface area contributed by atoms with Crippen LogP contribution < -0.4 is 20.3 Å². The van der Waals surface area contributed by atoms with Crippen molar-refractivity contribution in [3.05, 3.63) is 82.3 Å². The summed E-state index contributed by atoms with van der Waals surface area (Å²) >= 11 is 0. The highest BCUT2D eigenvalue weighted by atomic mass is 16.5. The number of aromatic nitrogens is 2. The number of nitrogens with zero attached hydrogens (tertiary/aromatic N) is 2. The van der Waals surface area contributed by atoms with Gasteiger partial charge in [-0.25, -0.2) is 4.98 Å². The largest absolute Gasteiger partial charge is 0.493 e. The molecule has 2 N–H and O–H groups in total. The number of carbonyl (C=O) groups excluding carboxylic acids is 1. The molecule has 0 radical (unpaired) electrons. The van der Waals surface area contributed by atoms with E-state index < -0.39 is 0 Å². The Hall–Kier alpha value is -3.91. The maximum absolute atomic E-state index is 12.1. The molecular formula is C28H34N4O4. The molecule has 0 aliphatic heterocycles. The molecule has 3 rings (SSSR count). The fourth-order valence-corrected chi connectivity index (χ4v) is 3.69. The van der Waals surface area contributed by atoms with Gasteiger partial charge in [0.25, 0.3) is 5.56 Å². The van der Waals surface area contributed by atoms with E-state index in [2.05, 4.69) is 33.3 Å². The zero-order valence-corrected chi connectivity index (χ0v) is 21.1. The summed E-state index contributed by atoms with van der Waals surface area (Å²) in [6, 6.07) is 15.0. The van der Waals surface area contributed by atoms with Crippen LogP contribution in [0.3, 0.4) is 0 Å². The van der Waals surface area contributed by atoms with E-state index in [9.17, 15) is 9.59 Å². The summed E-state index contributed by atoms with van der Waals surface area (Å²) in [5.41, 5.74) is 2.81. The Morgan fingerprint density at radius 2 is 1.83 bits per heavy atom. The number of rotatable bonds is 13. The maximum Gasteiger partial charge on any atom is 0.251 e. The molecule has 190 valence electrons. The minimum absolute atomic E-state index is 0.00177. The second-order valence-corrected chi connectivity index (χ2v) is 8.46. The lowest BCUT2D eigenvalue weighted by atomic mass is 10.1. The Kier molecular flexibility index (Phi) is 10.3. The zero-order chi connectivity index (χ0) is 25.8. The Morgan fingerprint density at radius 3 is 2.56 bits per heavy atom. The summed E-state index contributed by atoms with van der Waals surface area (Å²) in [6.07, 6.45) is 7.36. The van der Waals surface area contributed by atoms with Crippen LogP contribution in [0, 0.1) is 0 Å². The number of amides is 1. The Morgan fingerprint density at radius 1 is 1.06 bits per heavy atom. The molecule has 0 aliphatic carbocycles. The van der Waals surface area contributed by atoms with Crippen LogP contribution in [-0.4, -0.2) is 61.7 Å². The van der Waals surface area contributed by atoms with Gasteiger partial charge in [0.2, 0.25) is 5.91 Å². The number of H-pyrrole nitrogens is 1. The Balaban J connectivity index is 1.32. The number of hydrogen-bond donors (Lipinski definition) is 2. The van der Waals surface area contributed by atoms with E-state index in [1.54, 1.807) is 14.2 Å². The highest BCUT2D eigenvalue weighted by Crippen LogP contribution is 2.27. The number of methoxy groups -OCH3 is 2. The predicted octanol–water partition coefficient (Wildman–Crippen LogP) is 3.54. The number of hydrogen-bond acceptors (Lipinski definition) is 6. The molecule has 8 heteroatoms. The van der Waals surface area contributed by atoms with Crippen molar-refractivity contribution in [1.82, 2.24) is 20.2 Å². The van der Waals surface area contributed by atoms with Crippen LogP contribution in [0.5, 0.6) is 11.5 Å². The average molecular weight is 491 g/mol. The summed E-state index contributed by atoms with van der Waals surface area (Å²) in [5.74, 6) is 2.01. The summed E-state index contributed by atoms with van der Waals surface area (Å²) < 4.78 is 10.7. The first-order valence-electron chi connectivity index (χ1n) is 12.0. The fraction of sp³-hybridized carbons (Fsp3) is 0.321. The van der Waals surface area contributed by atoms with Crippen LogP contribution in [-0.2, 0) is 11.2 Å². The molecule has 8 nitrogen and oxygen atoms in total. The molecule has 0 atom stereocenters. The van der Waals surface area contributed by atoms with E-state index in [1.165, 1.54) is 17.8 Å². The van der Waals surface area contributed by atoms with Gasteiger partial charge >= 0.3 is 0 Å². The summed E-state index contributed by atoms with van der Waals surface area (Å²) in [4.78, 5) is 32.7. The second-order valence-electron chi connectivity index (χ2n) is 8.46. The van der Waals surface area contributed by atoms with Crippen LogP contribution in [0.4, 0.5) is 0 Å². The summed E-state index contributed by atoms with van der Waals surface area (Å²) in [7, 11) is 5.36. The lowest BCUT2D eigenvalue weighted by Crippen LogP contribution is -2.28. The molecule has 0 aliphatic rings. The molecule has 0 saturated carbocycles. The van der Waals surface area contributed by atoms with Crippen molar-refractivity contribution in [2.45, 2.75) is 19.3 Å². The minimum atomic E-state index is -0.184. The standard InChI is InChI=1S/C28H34N4O4/c1-32(19-15-22-10-13-24(35-2)25(20-22)36-3)18-5-16-29-26(33)7-4-6-21-8-11-23(12-9-21)28-30-17-14-27(34)31-28/h4,6,8-14,17,20H,5,7,15-16,18-19H2,1-3H3,(H,29,33)(H,30,31,34)/b6-4+. The highest BCUT2D eigenvalue weighted by molar-refractivity contribution is 5.78. The molecule has 0 saturated heterocycles. The van der Waals surface area contributed by atoms with E-state index >= 15 is 0 Å². The second kappa shape index (κ2) is 13.8. The third kappa shape index (κ3) is 8.39. The van der Waals surface area contributed by atoms with Crippen LogP contribution in [0.15, 0.2) is 65.6 Å². The molecule has 0 unspecified atom stereocenters. The number of likely N-dealkylation sites (N-methyl/N-ethyl adjacent to an activating group) is 1. The molecule has 1 heterocycles. The quantitative estimate of drug-likeness (QED) is 0.356. The summed E-state index contributed by atoms with van der Waals surface area (Å²) in [6.45, 7) is 2.46. The first-order chi connectivity index (χ1) is 17.5. The average Bonchev–Trinajstić information content (AvgIpc) is 2.90. The lowest BCUT2D eigenvalue weighted by Gasteiger charge is -2.17. The first kappa shape index (κ1) is 26.7. The van der Waals surface area contributed by atoms with Crippen molar-refractivity contribution in [2.75, 3.05) is 40.9 Å². The highest BCUT2D eigenvalue weighted by Gasteiger charge is 2.06. The van der Waals surface area contributed by atoms with E-state index in [1.807, 2.05) is 48.6 Å². The number of benzene rings is 2. The molecule has 0 bridgehead atoms. The normalized spacial score (nSPS) is 11.1. The molecule has 36 heavy (non-hydrogen) atoms. The molecule has 2 aromatic carbocycles. The lowest BCUT2D eigenvalue weighted by molar-refractivity contribution is -0.120. The Bertz CT molecular complexity index is 1200. The molecule has 1 aromatic heterocycles. The van der Waals surface area contributed by atoms with Gasteiger partial charge < -0.3 is 24.7 Å². The van der Waals surface area contributed by atoms with Crippen LogP contribution in [0.1, 0.15) is 24.0 Å². The molecule has 0 spiro atoms. The van der Waals surface area contributed by atoms with Crippen molar-refractivity contribution in [3.63, 3.8) is 0 Å². The molecule has 0 fully saturated rings. The zero-order valence-electron chi connectivity index (χ0n) is 21.1. The van der Waals surface area contributed by atoms with Crippen molar-refractivity contribution >= 4 is 12.0 Å². The van der Waals surface area contributed by atoms with Gasteiger partial charge in [0.1, 0.15) is 5.82 Å². The molecule has 3 aromatic rings. The van der Waals surface area contributed by atoms with Gasteiger partial charge in [-0.15, -0.1) is 0 Å². The van der Waals surface area contributed by atoms with Gasteiger partial charge in [0.05, 0.1) is 14.2 Å². The molecular weight excluding hydrogens is 456 g/mol. The van der Waals surface area contributed by atoms with Crippen molar-refractivity contribution < 1.29 is 14.3 Å². The third-order valence-corrected chi connectivity index (χ3v) is 5.74. The molecule has 1 amide bonds. The van der Waals surface area contributed by atoms with Crippen molar-refractivity contribution in [2.24, 2.45) is 0 Å². The topological polar surface area (TPSA) is 96.5 Å². The number of nitrogens with one attached hydrogen (secondary N) is 2. The van der Waals surface area contributed by atoms with Gasteiger partial charge in [-0.05, 0) is 49.7 Å². The number of aromatic amines is 1. The van der Waals surface area contributed by atoms with E-state index in [-0.39, 0.29) is 11.5 Å². The van der Waals surface area contributed by atoms with Gasteiger partial charge in [-0.3, -0.25) is 9.59 Å². The van der Waals surface area contributed by atoms with Crippen LogP contribution >= 0.6 is 0 Å². The van der Waals surface area contributed by atoms with Crippen molar-refractivity contribution in [3.8, 4) is 22.9 Å². The van der Waals surface area contributed by atoms with Gasteiger partial charge in [-0.1, -0.05) is 42.5 Å². The number of ether oxygens (including phenoxy) is 2.